The van der Waals surface area contributed by atoms with E-state index in [1.807, 2.05) is 11.0 Å². The number of amides is 2. The van der Waals surface area contributed by atoms with Crippen LogP contribution >= 0.6 is 0 Å². The van der Waals surface area contributed by atoms with Crippen molar-refractivity contribution in [3.63, 3.8) is 0 Å². The van der Waals surface area contributed by atoms with E-state index in [2.05, 4.69) is 49.3 Å². The smallest absolute Gasteiger partial charge is 0.317 e. The minimum atomic E-state index is 0.0690. The second-order valence-electron chi connectivity index (χ2n) is 6.13. The number of carbonyl (C=O) groups excluding carboxylic acids is 1. The number of hydrogen-bond donors (Lipinski definition) is 1. The third-order valence-corrected chi connectivity index (χ3v) is 4.24. The molecule has 0 aromatic heterocycles. The lowest BCUT2D eigenvalue weighted by Gasteiger charge is -2.23. The zero-order valence-electron chi connectivity index (χ0n) is 13.4. The van der Waals surface area contributed by atoms with Crippen molar-refractivity contribution in [3.8, 4) is 0 Å². The SMILES string of the molecule is CC(C)N(C)Cc1ccccc1CNC(=O)N1CCCC1. The summed E-state index contributed by atoms with van der Waals surface area (Å²) in [4.78, 5) is 16.3. The molecule has 0 bridgehead atoms. The number of rotatable bonds is 5. The van der Waals surface area contributed by atoms with E-state index >= 15 is 0 Å². The Labute approximate surface area is 128 Å². The minimum absolute atomic E-state index is 0.0690. The molecule has 116 valence electrons. The number of nitrogens with one attached hydrogen (secondary N) is 1. The van der Waals surface area contributed by atoms with Gasteiger partial charge in [-0.3, -0.25) is 4.90 Å². The highest BCUT2D eigenvalue weighted by Crippen LogP contribution is 2.13. The molecule has 1 aliphatic rings. The molecule has 0 saturated carbocycles. The fraction of sp³-hybridized carbons (Fsp3) is 0.588. The van der Waals surface area contributed by atoms with Gasteiger partial charge in [0.25, 0.3) is 0 Å². The zero-order valence-corrected chi connectivity index (χ0v) is 13.4. The molecule has 4 nitrogen and oxygen atoms in total. The predicted molar refractivity (Wildman–Crippen MR) is 86.1 cm³/mol. The predicted octanol–water partition coefficient (Wildman–Crippen LogP) is 2.83. The fourth-order valence-electron chi connectivity index (χ4n) is 2.54. The van der Waals surface area contributed by atoms with Gasteiger partial charge in [-0.15, -0.1) is 0 Å². The summed E-state index contributed by atoms with van der Waals surface area (Å²) in [6, 6.07) is 8.94. The average Bonchev–Trinajstić information content (AvgIpc) is 3.00. The molecule has 1 aromatic carbocycles. The molecule has 0 atom stereocenters. The van der Waals surface area contributed by atoms with Crippen molar-refractivity contribution in [2.24, 2.45) is 0 Å². The number of nitrogens with zero attached hydrogens (tertiary/aromatic N) is 2. The van der Waals surface area contributed by atoms with E-state index in [9.17, 15) is 4.79 Å². The molecule has 1 fully saturated rings. The van der Waals surface area contributed by atoms with Crippen molar-refractivity contribution < 1.29 is 4.79 Å². The van der Waals surface area contributed by atoms with Crippen molar-refractivity contribution in [3.05, 3.63) is 35.4 Å². The zero-order chi connectivity index (χ0) is 15.2. The van der Waals surface area contributed by atoms with Gasteiger partial charge in [-0.05, 0) is 44.9 Å². The van der Waals surface area contributed by atoms with Gasteiger partial charge in [-0.1, -0.05) is 24.3 Å². The summed E-state index contributed by atoms with van der Waals surface area (Å²) in [6.07, 6.45) is 2.26. The first kappa shape index (κ1) is 15.8. The van der Waals surface area contributed by atoms with Gasteiger partial charge in [0.1, 0.15) is 0 Å². The molecule has 0 aliphatic carbocycles. The van der Waals surface area contributed by atoms with Crippen LogP contribution in [0.3, 0.4) is 0 Å². The molecular formula is C17H27N3O. The summed E-state index contributed by atoms with van der Waals surface area (Å²) in [6.45, 7) is 7.69. The molecule has 2 rings (SSSR count). The van der Waals surface area contributed by atoms with Gasteiger partial charge in [-0.2, -0.15) is 0 Å². The Morgan fingerprint density at radius 2 is 1.86 bits per heavy atom. The molecule has 4 heteroatoms. The lowest BCUT2D eigenvalue weighted by Crippen LogP contribution is -2.37. The van der Waals surface area contributed by atoms with Crippen molar-refractivity contribution in [2.45, 2.75) is 45.8 Å². The van der Waals surface area contributed by atoms with E-state index < -0.39 is 0 Å². The van der Waals surface area contributed by atoms with E-state index in [0.717, 1.165) is 32.5 Å². The standard InChI is InChI=1S/C17H27N3O/c1-14(2)19(3)13-16-9-5-4-8-15(16)12-18-17(21)20-10-6-7-11-20/h4-5,8-9,14H,6-7,10-13H2,1-3H3,(H,18,21). The molecule has 1 heterocycles. The summed E-state index contributed by atoms with van der Waals surface area (Å²) in [5, 5.41) is 3.05. The third kappa shape index (κ3) is 4.46. The number of carbonyl (C=O) groups is 1. The van der Waals surface area contributed by atoms with E-state index in [0.29, 0.717) is 12.6 Å². The Balaban J connectivity index is 1.94. The fourth-order valence-corrected chi connectivity index (χ4v) is 2.54. The molecule has 1 N–H and O–H groups in total. The quantitative estimate of drug-likeness (QED) is 0.904. The highest BCUT2D eigenvalue weighted by molar-refractivity contribution is 5.74. The third-order valence-electron chi connectivity index (χ3n) is 4.24. The highest BCUT2D eigenvalue weighted by Gasteiger charge is 2.17. The first-order chi connectivity index (χ1) is 10.1. The Bertz CT molecular complexity index is 467. The summed E-state index contributed by atoms with van der Waals surface area (Å²) in [5.74, 6) is 0. The van der Waals surface area contributed by atoms with Gasteiger partial charge in [0, 0.05) is 32.2 Å². The molecule has 0 radical (unpaired) electrons. The molecule has 0 unspecified atom stereocenters. The topological polar surface area (TPSA) is 35.6 Å². The monoisotopic (exact) mass is 289 g/mol. The van der Waals surface area contributed by atoms with Crippen LogP contribution in [-0.2, 0) is 13.1 Å². The van der Waals surface area contributed by atoms with Crippen LogP contribution in [-0.4, -0.2) is 42.0 Å². The van der Waals surface area contributed by atoms with Crippen LogP contribution < -0.4 is 5.32 Å². The van der Waals surface area contributed by atoms with Gasteiger partial charge in [0.15, 0.2) is 0 Å². The van der Waals surface area contributed by atoms with Crippen molar-refractivity contribution >= 4 is 6.03 Å². The van der Waals surface area contributed by atoms with Crippen LogP contribution in [0.15, 0.2) is 24.3 Å². The Kier molecular flexibility index (Phi) is 5.62. The van der Waals surface area contributed by atoms with Crippen LogP contribution in [0.4, 0.5) is 4.79 Å². The van der Waals surface area contributed by atoms with E-state index in [1.54, 1.807) is 0 Å². The summed E-state index contributed by atoms with van der Waals surface area (Å²) in [5.41, 5.74) is 2.49. The van der Waals surface area contributed by atoms with Gasteiger partial charge in [-0.25, -0.2) is 4.79 Å². The van der Waals surface area contributed by atoms with Crippen molar-refractivity contribution in [2.75, 3.05) is 20.1 Å². The maximum absolute atomic E-state index is 12.1. The van der Waals surface area contributed by atoms with E-state index in [-0.39, 0.29) is 6.03 Å². The van der Waals surface area contributed by atoms with Crippen molar-refractivity contribution in [1.82, 2.24) is 15.1 Å². The summed E-state index contributed by atoms with van der Waals surface area (Å²) >= 11 is 0. The summed E-state index contributed by atoms with van der Waals surface area (Å²) < 4.78 is 0. The largest absolute Gasteiger partial charge is 0.334 e. The van der Waals surface area contributed by atoms with Crippen LogP contribution in [0.2, 0.25) is 0 Å². The van der Waals surface area contributed by atoms with Crippen LogP contribution in [0.1, 0.15) is 37.8 Å². The lowest BCUT2D eigenvalue weighted by molar-refractivity contribution is 0.208. The van der Waals surface area contributed by atoms with Crippen LogP contribution in [0, 0.1) is 0 Å². The highest BCUT2D eigenvalue weighted by atomic mass is 16.2. The second-order valence-corrected chi connectivity index (χ2v) is 6.13. The van der Waals surface area contributed by atoms with Crippen LogP contribution in [0.5, 0.6) is 0 Å². The van der Waals surface area contributed by atoms with E-state index in [4.69, 9.17) is 0 Å². The minimum Gasteiger partial charge on any atom is -0.334 e. The maximum atomic E-state index is 12.1. The lowest BCUT2D eigenvalue weighted by atomic mass is 10.1. The molecule has 2 amide bonds. The molecule has 1 saturated heterocycles. The number of hydrogen-bond acceptors (Lipinski definition) is 2. The summed E-state index contributed by atoms with van der Waals surface area (Å²) in [7, 11) is 2.13. The normalized spacial score (nSPS) is 15.0. The first-order valence-electron chi connectivity index (χ1n) is 7.87. The van der Waals surface area contributed by atoms with Gasteiger partial charge in [0.2, 0.25) is 0 Å². The maximum Gasteiger partial charge on any atom is 0.317 e. The Hall–Kier alpha value is -1.55. The Morgan fingerprint density at radius 3 is 2.48 bits per heavy atom. The molecule has 1 aromatic rings. The molecular weight excluding hydrogens is 262 g/mol. The molecule has 0 spiro atoms. The van der Waals surface area contributed by atoms with Gasteiger partial charge < -0.3 is 10.2 Å². The first-order valence-corrected chi connectivity index (χ1v) is 7.87. The molecule has 21 heavy (non-hydrogen) atoms. The number of benzene rings is 1. The van der Waals surface area contributed by atoms with Crippen LogP contribution in [0.25, 0.3) is 0 Å². The average molecular weight is 289 g/mol. The number of likely N-dealkylation sites (tertiary alicyclic amines) is 1. The van der Waals surface area contributed by atoms with E-state index in [1.165, 1.54) is 11.1 Å². The Morgan fingerprint density at radius 1 is 1.24 bits per heavy atom. The van der Waals surface area contributed by atoms with Gasteiger partial charge >= 0.3 is 6.03 Å². The second kappa shape index (κ2) is 7.46. The molecule has 1 aliphatic heterocycles. The number of urea groups is 1. The van der Waals surface area contributed by atoms with Gasteiger partial charge in [0.05, 0.1) is 0 Å². The van der Waals surface area contributed by atoms with Crippen molar-refractivity contribution in [1.29, 1.82) is 0 Å².